The molecule has 0 bridgehead atoms. The fourth-order valence-electron chi connectivity index (χ4n) is 4.34. The van der Waals surface area contributed by atoms with Crippen LogP contribution in [0.2, 0.25) is 0 Å². The molecule has 0 atom stereocenters. The van der Waals surface area contributed by atoms with Gasteiger partial charge in [-0.15, -0.1) is 0 Å². The molecule has 36 heavy (non-hydrogen) atoms. The van der Waals surface area contributed by atoms with Crippen LogP contribution in [0.25, 0.3) is 33.8 Å². The normalized spacial score (nSPS) is 11.7. The smallest absolute Gasteiger partial charge is 0.227 e. The Kier molecular flexibility index (Phi) is 6.22. The molecule has 0 aliphatic carbocycles. The van der Waals surface area contributed by atoms with Crippen LogP contribution in [-0.4, -0.2) is 46.4 Å². The summed E-state index contributed by atoms with van der Waals surface area (Å²) in [5, 5.41) is 5.45. The zero-order chi connectivity index (χ0) is 25.4. The van der Waals surface area contributed by atoms with Crippen molar-refractivity contribution in [2.75, 3.05) is 7.11 Å². The first-order valence-electron chi connectivity index (χ1n) is 12.1. The highest BCUT2D eigenvalue weighted by molar-refractivity contribution is 5.77. The van der Waals surface area contributed by atoms with E-state index in [0.29, 0.717) is 29.9 Å². The third-order valence-electron chi connectivity index (χ3n) is 6.14. The van der Waals surface area contributed by atoms with Crippen LogP contribution in [-0.2, 0) is 6.54 Å². The minimum Gasteiger partial charge on any atom is -0.480 e. The van der Waals surface area contributed by atoms with Gasteiger partial charge < -0.3 is 9.30 Å². The Morgan fingerprint density at radius 2 is 1.72 bits per heavy atom. The van der Waals surface area contributed by atoms with Crippen LogP contribution in [0.1, 0.15) is 56.6 Å². The third-order valence-corrected chi connectivity index (χ3v) is 6.14. The number of imidazole rings is 1. The van der Waals surface area contributed by atoms with Gasteiger partial charge in [0, 0.05) is 24.0 Å². The van der Waals surface area contributed by atoms with E-state index in [2.05, 4.69) is 82.8 Å². The van der Waals surface area contributed by atoms with Gasteiger partial charge in [-0.05, 0) is 32.3 Å². The number of ether oxygens (including phenoxy) is 1. The molecule has 5 aromatic rings. The van der Waals surface area contributed by atoms with Crippen molar-refractivity contribution in [2.45, 2.75) is 53.1 Å². The third kappa shape index (κ3) is 4.32. The Bertz CT molecular complexity index is 1520. The molecule has 0 aliphatic rings. The largest absolute Gasteiger partial charge is 0.480 e. The number of benzene rings is 1. The Labute approximate surface area is 210 Å². The van der Waals surface area contributed by atoms with E-state index in [1.165, 1.54) is 6.33 Å². The van der Waals surface area contributed by atoms with Gasteiger partial charge in [-0.3, -0.25) is 0 Å². The maximum Gasteiger partial charge on any atom is 0.227 e. The molecule has 0 saturated carbocycles. The number of nitrogens with zero attached hydrogens (tertiary/aromatic N) is 8. The first-order valence-corrected chi connectivity index (χ1v) is 12.1. The lowest BCUT2D eigenvalue weighted by molar-refractivity contribution is 0.397. The number of rotatable bonds is 7. The van der Waals surface area contributed by atoms with E-state index < -0.39 is 0 Å². The van der Waals surface area contributed by atoms with Gasteiger partial charge in [0.1, 0.15) is 17.7 Å². The molecule has 0 radical (unpaired) electrons. The van der Waals surface area contributed by atoms with Crippen LogP contribution < -0.4 is 4.74 Å². The van der Waals surface area contributed by atoms with Crippen molar-refractivity contribution < 1.29 is 4.74 Å². The highest BCUT2D eigenvalue weighted by atomic mass is 16.5. The monoisotopic (exact) mass is 482 g/mol. The second-order valence-electron chi connectivity index (χ2n) is 9.48. The van der Waals surface area contributed by atoms with Crippen molar-refractivity contribution in [3.8, 4) is 28.7 Å². The quantitative estimate of drug-likeness (QED) is 0.314. The Morgan fingerprint density at radius 3 is 2.42 bits per heavy atom. The van der Waals surface area contributed by atoms with Crippen molar-refractivity contribution in [1.29, 1.82) is 0 Å². The molecule has 9 nitrogen and oxygen atoms in total. The van der Waals surface area contributed by atoms with Gasteiger partial charge in [0.15, 0.2) is 11.5 Å². The van der Waals surface area contributed by atoms with Crippen molar-refractivity contribution in [3.05, 3.63) is 66.1 Å². The Balaban J connectivity index is 1.48. The summed E-state index contributed by atoms with van der Waals surface area (Å²) in [6, 6.07) is 8.80. The Hall–Kier alpha value is -4.14. The summed E-state index contributed by atoms with van der Waals surface area (Å²) < 4.78 is 9.62. The summed E-state index contributed by atoms with van der Waals surface area (Å²) in [6.07, 6.45) is 7.18. The van der Waals surface area contributed by atoms with Gasteiger partial charge in [0.25, 0.3) is 0 Å². The molecule has 9 heteroatoms. The number of methoxy groups -OCH3 is 1. The van der Waals surface area contributed by atoms with Crippen LogP contribution >= 0.6 is 0 Å². The van der Waals surface area contributed by atoms with Crippen molar-refractivity contribution in [2.24, 2.45) is 0 Å². The summed E-state index contributed by atoms with van der Waals surface area (Å²) >= 11 is 0. The second-order valence-corrected chi connectivity index (χ2v) is 9.48. The molecule has 4 aromatic heterocycles. The number of fused-ring (bicyclic) bond motifs is 1. The van der Waals surface area contributed by atoms with E-state index in [1.807, 2.05) is 11.6 Å². The highest BCUT2D eigenvalue weighted by Crippen LogP contribution is 2.32. The van der Waals surface area contributed by atoms with Crippen molar-refractivity contribution >= 4 is 11.0 Å². The first-order chi connectivity index (χ1) is 17.4. The van der Waals surface area contributed by atoms with Gasteiger partial charge in [0.05, 0.1) is 36.6 Å². The van der Waals surface area contributed by atoms with Crippen molar-refractivity contribution in [1.82, 2.24) is 39.3 Å². The Morgan fingerprint density at radius 1 is 0.944 bits per heavy atom. The van der Waals surface area contributed by atoms with E-state index in [-0.39, 0.29) is 5.92 Å². The molecule has 0 amide bonds. The summed E-state index contributed by atoms with van der Waals surface area (Å²) in [4.78, 5) is 22.9. The van der Waals surface area contributed by atoms with Gasteiger partial charge in [0.2, 0.25) is 5.88 Å². The number of aryl methyl sites for hydroxylation is 1. The maximum absolute atomic E-state index is 5.52. The predicted molar refractivity (Wildman–Crippen MR) is 139 cm³/mol. The zero-order valence-corrected chi connectivity index (χ0v) is 21.5. The number of hydrogen-bond acceptors (Lipinski definition) is 7. The topological polar surface area (TPSA) is 96.4 Å². The first kappa shape index (κ1) is 23.6. The molecule has 0 spiro atoms. The standard InChI is InChI=1S/C27H30N8O/c1-16(2)23-22(27(36-6)30-15-29-23)24-28-11-21-12-31-35(26(21)33-24)14-19-7-9-20(10-8-19)25-32-18(5)13-34(25)17(3)4/h7-13,15-17H,14H2,1-6H3. The molecule has 5 rings (SSSR count). The summed E-state index contributed by atoms with van der Waals surface area (Å²) in [7, 11) is 1.59. The van der Waals surface area contributed by atoms with Crippen LogP contribution in [0.4, 0.5) is 0 Å². The lowest BCUT2D eigenvalue weighted by Gasteiger charge is -2.13. The molecule has 4 heterocycles. The van der Waals surface area contributed by atoms with E-state index >= 15 is 0 Å². The molecule has 1 aromatic carbocycles. The average molecular weight is 483 g/mol. The van der Waals surface area contributed by atoms with E-state index in [0.717, 1.165) is 39.4 Å². The average Bonchev–Trinajstić information content (AvgIpc) is 3.47. The molecular weight excluding hydrogens is 452 g/mol. The summed E-state index contributed by atoms with van der Waals surface area (Å²) in [5.74, 6) is 2.13. The maximum atomic E-state index is 5.52. The number of aromatic nitrogens is 8. The molecular formula is C27H30N8O. The van der Waals surface area contributed by atoms with Gasteiger partial charge in [-0.2, -0.15) is 5.10 Å². The van der Waals surface area contributed by atoms with Crippen LogP contribution in [0, 0.1) is 6.92 Å². The molecule has 0 unspecified atom stereocenters. The van der Waals surface area contributed by atoms with Crippen molar-refractivity contribution in [3.63, 3.8) is 0 Å². The lowest BCUT2D eigenvalue weighted by atomic mass is 10.0. The molecule has 0 N–H and O–H groups in total. The zero-order valence-electron chi connectivity index (χ0n) is 21.5. The SMILES string of the molecule is COc1ncnc(C(C)C)c1-c1ncc2cnn(Cc3ccc(-c4nc(C)cn4C(C)C)cc3)c2n1. The summed E-state index contributed by atoms with van der Waals surface area (Å²) in [6.45, 7) is 11.1. The molecule has 0 aliphatic heterocycles. The van der Waals surface area contributed by atoms with Crippen LogP contribution in [0.15, 0.2) is 49.2 Å². The van der Waals surface area contributed by atoms with E-state index in [1.54, 1.807) is 19.5 Å². The molecule has 184 valence electrons. The predicted octanol–water partition coefficient (Wildman–Crippen LogP) is 5.22. The minimum atomic E-state index is 0.162. The van der Waals surface area contributed by atoms with Crippen LogP contribution in [0.5, 0.6) is 5.88 Å². The van der Waals surface area contributed by atoms with Crippen LogP contribution in [0.3, 0.4) is 0 Å². The highest BCUT2D eigenvalue weighted by Gasteiger charge is 2.20. The van der Waals surface area contributed by atoms with Gasteiger partial charge >= 0.3 is 0 Å². The lowest BCUT2D eigenvalue weighted by Crippen LogP contribution is -2.06. The summed E-state index contributed by atoms with van der Waals surface area (Å²) in [5.41, 5.74) is 5.53. The van der Waals surface area contributed by atoms with E-state index in [9.17, 15) is 0 Å². The van der Waals surface area contributed by atoms with Gasteiger partial charge in [-0.25, -0.2) is 29.6 Å². The van der Waals surface area contributed by atoms with Gasteiger partial charge in [-0.1, -0.05) is 38.1 Å². The fraction of sp³-hybridized carbons (Fsp3) is 0.333. The second kappa shape index (κ2) is 9.49. The number of hydrogen-bond donors (Lipinski definition) is 0. The minimum absolute atomic E-state index is 0.162. The fourth-order valence-corrected chi connectivity index (χ4v) is 4.34. The molecule has 0 fully saturated rings. The van der Waals surface area contributed by atoms with E-state index in [4.69, 9.17) is 14.7 Å². The molecule has 0 saturated heterocycles.